The van der Waals surface area contributed by atoms with Crippen LogP contribution >= 0.6 is 0 Å². The molecule has 1 aliphatic heterocycles. The molecule has 0 bridgehead atoms. The standard InChI is InChI=1S/C21H27NO5/c23-20(22-14-17-5-2-1-3-6-17)15-27-21(24)10-8-16-7-9-18-19(13-16)26-12-4-11-25-18/h7-10,13,17H,1-6,11-12,14-15H2,(H,22,23)/b10-8+. The summed E-state index contributed by atoms with van der Waals surface area (Å²) in [5, 5.41) is 2.85. The highest BCUT2D eigenvalue weighted by molar-refractivity contribution is 5.89. The number of ether oxygens (including phenoxy) is 3. The summed E-state index contributed by atoms with van der Waals surface area (Å²) in [5.41, 5.74) is 0.804. The second-order valence-electron chi connectivity index (χ2n) is 7.01. The van der Waals surface area contributed by atoms with Crippen LogP contribution in [0.25, 0.3) is 6.08 Å². The van der Waals surface area contributed by atoms with Crippen LogP contribution in [0.15, 0.2) is 24.3 Å². The van der Waals surface area contributed by atoms with Crippen molar-refractivity contribution in [1.29, 1.82) is 0 Å². The predicted molar refractivity (Wildman–Crippen MR) is 102 cm³/mol. The number of hydrogen-bond acceptors (Lipinski definition) is 5. The van der Waals surface area contributed by atoms with Gasteiger partial charge in [-0.25, -0.2) is 4.79 Å². The smallest absolute Gasteiger partial charge is 0.331 e. The number of hydrogen-bond donors (Lipinski definition) is 1. The Morgan fingerprint density at radius 2 is 1.85 bits per heavy atom. The lowest BCUT2D eigenvalue weighted by molar-refractivity contribution is -0.143. The summed E-state index contributed by atoms with van der Waals surface area (Å²) in [5.74, 6) is 1.14. The number of benzene rings is 1. The van der Waals surface area contributed by atoms with Crippen LogP contribution in [-0.4, -0.2) is 38.2 Å². The SMILES string of the molecule is O=C(COC(=O)/C=C/c1ccc2c(c1)OCCCO2)NCC1CCCCC1. The summed E-state index contributed by atoms with van der Waals surface area (Å²) in [6.45, 7) is 1.66. The van der Waals surface area contributed by atoms with Crippen molar-refractivity contribution in [3.8, 4) is 11.5 Å². The van der Waals surface area contributed by atoms with Gasteiger partial charge in [0.2, 0.25) is 0 Å². The molecular formula is C21H27NO5. The first-order valence-corrected chi connectivity index (χ1v) is 9.72. The molecule has 0 saturated heterocycles. The predicted octanol–water partition coefficient (Wildman–Crippen LogP) is 3.10. The highest BCUT2D eigenvalue weighted by Crippen LogP contribution is 2.30. The van der Waals surface area contributed by atoms with E-state index in [0.717, 1.165) is 12.0 Å². The fourth-order valence-corrected chi connectivity index (χ4v) is 3.33. The molecule has 1 aliphatic carbocycles. The normalized spacial score (nSPS) is 17.3. The van der Waals surface area contributed by atoms with Crippen LogP contribution in [0.1, 0.15) is 44.1 Å². The fourth-order valence-electron chi connectivity index (χ4n) is 3.33. The second-order valence-corrected chi connectivity index (χ2v) is 7.01. The van der Waals surface area contributed by atoms with E-state index < -0.39 is 5.97 Å². The molecule has 0 unspecified atom stereocenters. The van der Waals surface area contributed by atoms with Crippen LogP contribution in [0.2, 0.25) is 0 Å². The number of esters is 1. The van der Waals surface area contributed by atoms with E-state index in [2.05, 4.69) is 5.32 Å². The van der Waals surface area contributed by atoms with E-state index in [4.69, 9.17) is 14.2 Å². The molecule has 6 nitrogen and oxygen atoms in total. The molecule has 1 amide bonds. The Balaban J connectivity index is 1.40. The fraction of sp³-hybridized carbons (Fsp3) is 0.524. The first-order valence-electron chi connectivity index (χ1n) is 9.72. The lowest BCUT2D eigenvalue weighted by Crippen LogP contribution is -2.33. The van der Waals surface area contributed by atoms with Gasteiger partial charge >= 0.3 is 5.97 Å². The molecular weight excluding hydrogens is 346 g/mol. The second kappa shape index (κ2) is 10.00. The first-order chi connectivity index (χ1) is 13.2. The van der Waals surface area contributed by atoms with Gasteiger partial charge in [0.1, 0.15) is 0 Å². The molecule has 1 heterocycles. The van der Waals surface area contributed by atoms with Crippen LogP contribution in [0.4, 0.5) is 0 Å². The van der Waals surface area contributed by atoms with Crippen molar-refractivity contribution in [2.75, 3.05) is 26.4 Å². The Morgan fingerprint density at radius 1 is 1.07 bits per heavy atom. The number of carbonyl (C=O) groups is 2. The maximum atomic E-state index is 11.8. The zero-order valence-electron chi connectivity index (χ0n) is 15.6. The quantitative estimate of drug-likeness (QED) is 0.613. The van der Waals surface area contributed by atoms with Crippen LogP contribution in [0, 0.1) is 5.92 Å². The number of amides is 1. The molecule has 27 heavy (non-hydrogen) atoms. The molecule has 6 heteroatoms. The Bertz CT molecular complexity index is 679. The highest BCUT2D eigenvalue weighted by Gasteiger charge is 2.15. The van der Waals surface area contributed by atoms with Crippen LogP contribution in [0.5, 0.6) is 11.5 Å². The van der Waals surface area contributed by atoms with Gasteiger partial charge in [-0.15, -0.1) is 0 Å². The van der Waals surface area contributed by atoms with E-state index in [1.54, 1.807) is 6.08 Å². The Hall–Kier alpha value is -2.50. The first kappa shape index (κ1) is 19.3. The van der Waals surface area contributed by atoms with Crippen LogP contribution in [0.3, 0.4) is 0 Å². The number of nitrogens with one attached hydrogen (secondary N) is 1. The maximum absolute atomic E-state index is 11.8. The van der Waals surface area contributed by atoms with Crippen molar-refractivity contribution in [3.63, 3.8) is 0 Å². The zero-order valence-corrected chi connectivity index (χ0v) is 15.6. The van der Waals surface area contributed by atoms with E-state index >= 15 is 0 Å². The van der Waals surface area contributed by atoms with Crippen molar-refractivity contribution < 1.29 is 23.8 Å². The van der Waals surface area contributed by atoms with Crippen molar-refractivity contribution in [2.24, 2.45) is 5.92 Å². The molecule has 1 saturated carbocycles. The van der Waals surface area contributed by atoms with Crippen LogP contribution < -0.4 is 14.8 Å². The van der Waals surface area contributed by atoms with E-state index in [-0.39, 0.29) is 12.5 Å². The van der Waals surface area contributed by atoms with E-state index in [1.165, 1.54) is 38.2 Å². The van der Waals surface area contributed by atoms with Gasteiger partial charge in [-0.2, -0.15) is 0 Å². The molecule has 0 radical (unpaired) electrons. The molecule has 0 atom stereocenters. The minimum absolute atomic E-state index is 0.252. The van der Waals surface area contributed by atoms with Gasteiger partial charge in [0, 0.05) is 19.0 Å². The van der Waals surface area contributed by atoms with Crippen molar-refractivity contribution in [2.45, 2.75) is 38.5 Å². The molecule has 0 spiro atoms. The zero-order chi connectivity index (χ0) is 18.9. The topological polar surface area (TPSA) is 73.9 Å². The lowest BCUT2D eigenvalue weighted by Gasteiger charge is -2.21. The summed E-state index contributed by atoms with van der Waals surface area (Å²) >= 11 is 0. The third kappa shape index (κ3) is 6.31. The summed E-state index contributed by atoms with van der Waals surface area (Å²) in [7, 11) is 0. The van der Waals surface area contributed by atoms with Gasteiger partial charge < -0.3 is 19.5 Å². The van der Waals surface area contributed by atoms with Gasteiger partial charge in [-0.3, -0.25) is 4.79 Å². The molecule has 2 aliphatic rings. The minimum Gasteiger partial charge on any atom is -0.490 e. The van der Waals surface area contributed by atoms with Crippen molar-refractivity contribution in [3.05, 3.63) is 29.8 Å². The van der Waals surface area contributed by atoms with E-state index in [1.807, 2.05) is 18.2 Å². The third-order valence-corrected chi connectivity index (χ3v) is 4.84. The van der Waals surface area contributed by atoms with Gasteiger partial charge in [-0.05, 0) is 42.5 Å². The summed E-state index contributed by atoms with van der Waals surface area (Å²) in [4.78, 5) is 23.6. The minimum atomic E-state index is -0.546. The molecule has 146 valence electrons. The lowest BCUT2D eigenvalue weighted by atomic mass is 9.89. The number of carbonyl (C=O) groups excluding carboxylic acids is 2. The summed E-state index contributed by atoms with van der Waals surface area (Å²) in [6.07, 6.45) is 9.88. The molecule has 3 rings (SSSR count). The Kier molecular flexibility index (Phi) is 7.13. The summed E-state index contributed by atoms with van der Waals surface area (Å²) < 4.78 is 16.2. The molecule has 1 N–H and O–H groups in total. The van der Waals surface area contributed by atoms with Gasteiger partial charge in [0.15, 0.2) is 18.1 Å². The average Bonchev–Trinajstić information content (AvgIpc) is 2.95. The van der Waals surface area contributed by atoms with Crippen molar-refractivity contribution in [1.82, 2.24) is 5.32 Å². The Morgan fingerprint density at radius 3 is 2.67 bits per heavy atom. The maximum Gasteiger partial charge on any atom is 0.331 e. The van der Waals surface area contributed by atoms with Crippen LogP contribution in [-0.2, 0) is 14.3 Å². The van der Waals surface area contributed by atoms with Gasteiger partial charge in [-0.1, -0.05) is 25.3 Å². The van der Waals surface area contributed by atoms with Crippen molar-refractivity contribution >= 4 is 18.0 Å². The van der Waals surface area contributed by atoms with E-state index in [0.29, 0.717) is 37.2 Å². The third-order valence-electron chi connectivity index (χ3n) is 4.84. The molecule has 1 fully saturated rings. The van der Waals surface area contributed by atoms with Gasteiger partial charge in [0.25, 0.3) is 5.91 Å². The monoisotopic (exact) mass is 373 g/mol. The Labute approximate surface area is 159 Å². The molecule has 1 aromatic carbocycles. The number of rotatable bonds is 6. The molecule has 1 aromatic rings. The highest BCUT2D eigenvalue weighted by atomic mass is 16.5. The van der Waals surface area contributed by atoms with Gasteiger partial charge in [0.05, 0.1) is 13.2 Å². The largest absolute Gasteiger partial charge is 0.490 e. The average molecular weight is 373 g/mol. The van der Waals surface area contributed by atoms with E-state index in [9.17, 15) is 9.59 Å². The number of fused-ring (bicyclic) bond motifs is 1. The molecule has 0 aromatic heterocycles. The summed E-state index contributed by atoms with van der Waals surface area (Å²) in [6, 6.07) is 5.49.